The number of rotatable bonds is 2. The first-order valence-electron chi connectivity index (χ1n) is 6.06. The molecule has 0 unspecified atom stereocenters. The van der Waals surface area contributed by atoms with Crippen molar-refractivity contribution in [1.82, 2.24) is 4.98 Å². The third-order valence-electron chi connectivity index (χ3n) is 2.90. The monoisotopic (exact) mass is 330 g/mol. The summed E-state index contributed by atoms with van der Waals surface area (Å²) in [5, 5.41) is 3.81. The van der Waals surface area contributed by atoms with Crippen molar-refractivity contribution in [3.8, 4) is 0 Å². The number of aromatic nitrogens is 1. The Kier molecular flexibility index (Phi) is 3.28. The number of amides is 1. The summed E-state index contributed by atoms with van der Waals surface area (Å²) in [6, 6.07) is 12.9. The third-order valence-corrected chi connectivity index (χ3v) is 3.33. The number of pyridine rings is 1. The van der Waals surface area contributed by atoms with E-state index in [9.17, 15) is 4.79 Å². The highest BCUT2D eigenvalue weighted by Crippen LogP contribution is 2.23. The molecule has 5 heteroatoms. The van der Waals surface area contributed by atoms with Crippen molar-refractivity contribution in [1.29, 1.82) is 0 Å². The number of carbonyl (C=O) groups is 1. The maximum Gasteiger partial charge on any atom is 0.291 e. The second-order valence-electron chi connectivity index (χ2n) is 4.39. The fourth-order valence-electron chi connectivity index (χ4n) is 1.97. The van der Waals surface area contributed by atoms with Gasteiger partial charge in [0.25, 0.3) is 5.91 Å². The van der Waals surface area contributed by atoms with E-state index in [-0.39, 0.29) is 11.7 Å². The lowest BCUT2D eigenvalue weighted by Crippen LogP contribution is -2.11. The van der Waals surface area contributed by atoms with Gasteiger partial charge >= 0.3 is 0 Å². The van der Waals surface area contributed by atoms with E-state index in [1.54, 1.807) is 12.1 Å². The molecule has 0 atom stereocenters. The number of furan rings is 1. The van der Waals surface area contributed by atoms with Crippen LogP contribution in [0.2, 0.25) is 0 Å². The molecule has 0 aliphatic heterocycles. The molecular formula is C15H11BrN2O2. The molecule has 0 radical (unpaired) electrons. The topological polar surface area (TPSA) is 55.1 Å². The van der Waals surface area contributed by atoms with Gasteiger partial charge in [-0.05, 0) is 47.1 Å². The molecule has 20 heavy (non-hydrogen) atoms. The van der Waals surface area contributed by atoms with Gasteiger partial charge in [-0.1, -0.05) is 18.2 Å². The fourth-order valence-corrected chi connectivity index (χ4v) is 2.27. The quantitative estimate of drug-likeness (QED) is 0.767. The van der Waals surface area contributed by atoms with E-state index in [0.29, 0.717) is 10.4 Å². The van der Waals surface area contributed by atoms with Gasteiger partial charge in [-0.15, -0.1) is 0 Å². The molecular weight excluding hydrogens is 320 g/mol. The maximum atomic E-state index is 12.1. The lowest BCUT2D eigenvalue weighted by Gasteiger charge is -2.07. The minimum Gasteiger partial charge on any atom is -0.444 e. The number of para-hydroxylation sites is 1. The summed E-state index contributed by atoms with van der Waals surface area (Å²) in [5.41, 5.74) is 2.34. The van der Waals surface area contributed by atoms with E-state index < -0.39 is 0 Å². The van der Waals surface area contributed by atoms with Gasteiger partial charge in [0.05, 0.1) is 11.2 Å². The first kappa shape index (κ1) is 12.9. The van der Waals surface area contributed by atoms with E-state index >= 15 is 0 Å². The van der Waals surface area contributed by atoms with Gasteiger partial charge in [-0.2, -0.15) is 0 Å². The summed E-state index contributed by atoms with van der Waals surface area (Å²) in [7, 11) is 0. The fraction of sp³-hybridized carbons (Fsp3) is 0.0667. The molecule has 4 nitrogen and oxygen atoms in total. The van der Waals surface area contributed by atoms with Gasteiger partial charge in [0, 0.05) is 11.1 Å². The van der Waals surface area contributed by atoms with Gasteiger partial charge < -0.3 is 9.73 Å². The molecule has 0 bridgehead atoms. The van der Waals surface area contributed by atoms with Crippen LogP contribution in [0.15, 0.2) is 51.6 Å². The minimum atomic E-state index is -0.300. The molecule has 0 saturated heterocycles. The predicted molar refractivity (Wildman–Crippen MR) is 80.8 cm³/mol. The zero-order chi connectivity index (χ0) is 14.1. The highest BCUT2D eigenvalue weighted by atomic mass is 79.9. The van der Waals surface area contributed by atoms with Crippen LogP contribution in [-0.2, 0) is 0 Å². The molecule has 0 fully saturated rings. The van der Waals surface area contributed by atoms with E-state index in [1.807, 2.05) is 37.3 Å². The number of benzene rings is 1. The Balaban J connectivity index is 1.98. The molecule has 2 aromatic heterocycles. The Labute approximate surface area is 123 Å². The molecule has 0 saturated carbocycles. The first-order valence-corrected chi connectivity index (χ1v) is 6.86. The molecule has 1 amide bonds. The van der Waals surface area contributed by atoms with Crippen LogP contribution in [-0.4, -0.2) is 10.9 Å². The Morgan fingerprint density at radius 1 is 1.20 bits per heavy atom. The van der Waals surface area contributed by atoms with Crippen LogP contribution in [0, 0.1) is 6.92 Å². The number of aryl methyl sites for hydroxylation is 1. The van der Waals surface area contributed by atoms with Crippen LogP contribution in [0.1, 0.15) is 16.2 Å². The van der Waals surface area contributed by atoms with Crippen LogP contribution in [0.25, 0.3) is 10.9 Å². The smallest absolute Gasteiger partial charge is 0.291 e. The van der Waals surface area contributed by atoms with Crippen molar-refractivity contribution in [3.63, 3.8) is 0 Å². The number of anilines is 1. The van der Waals surface area contributed by atoms with E-state index in [4.69, 9.17) is 4.42 Å². The highest BCUT2D eigenvalue weighted by Gasteiger charge is 2.12. The number of halogens is 1. The van der Waals surface area contributed by atoms with Gasteiger partial charge in [-0.25, -0.2) is 0 Å². The van der Waals surface area contributed by atoms with Gasteiger partial charge in [0.2, 0.25) is 0 Å². The van der Waals surface area contributed by atoms with Crippen molar-refractivity contribution >= 4 is 38.4 Å². The normalized spacial score (nSPS) is 10.7. The Bertz CT molecular complexity index is 795. The summed E-state index contributed by atoms with van der Waals surface area (Å²) in [5.74, 6) is -0.0481. The Hall–Kier alpha value is -2.14. The van der Waals surface area contributed by atoms with Crippen molar-refractivity contribution in [2.75, 3.05) is 5.32 Å². The lowest BCUT2D eigenvalue weighted by atomic mass is 10.1. The summed E-state index contributed by atoms with van der Waals surface area (Å²) in [4.78, 5) is 16.6. The number of hydrogen-bond acceptors (Lipinski definition) is 3. The molecule has 100 valence electrons. The molecule has 3 rings (SSSR count). The first-order chi connectivity index (χ1) is 9.63. The van der Waals surface area contributed by atoms with Crippen LogP contribution < -0.4 is 5.32 Å². The van der Waals surface area contributed by atoms with E-state index in [0.717, 1.165) is 16.6 Å². The molecule has 3 aromatic rings. The van der Waals surface area contributed by atoms with Crippen molar-refractivity contribution in [2.45, 2.75) is 6.92 Å². The second kappa shape index (κ2) is 5.09. The van der Waals surface area contributed by atoms with Crippen molar-refractivity contribution in [3.05, 3.63) is 58.6 Å². The van der Waals surface area contributed by atoms with Crippen LogP contribution >= 0.6 is 15.9 Å². The van der Waals surface area contributed by atoms with Gasteiger partial charge in [-0.3, -0.25) is 9.78 Å². The predicted octanol–water partition coefficient (Wildman–Crippen LogP) is 4.15. The second-order valence-corrected chi connectivity index (χ2v) is 5.17. The number of nitrogens with one attached hydrogen (secondary N) is 1. The zero-order valence-corrected chi connectivity index (χ0v) is 12.3. The number of hydrogen-bond donors (Lipinski definition) is 1. The molecule has 0 spiro atoms. The van der Waals surface area contributed by atoms with E-state index in [1.165, 1.54) is 0 Å². The Morgan fingerprint density at radius 2 is 2.05 bits per heavy atom. The summed E-state index contributed by atoms with van der Waals surface area (Å²) < 4.78 is 5.76. The van der Waals surface area contributed by atoms with Gasteiger partial charge in [0.15, 0.2) is 10.4 Å². The molecule has 0 aliphatic rings. The lowest BCUT2D eigenvalue weighted by molar-refractivity contribution is 0.0995. The summed E-state index contributed by atoms with van der Waals surface area (Å²) in [6.07, 6.45) is 0. The largest absolute Gasteiger partial charge is 0.444 e. The van der Waals surface area contributed by atoms with Crippen molar-refractivity contribution in [2.24, 2.45) is 0 Å². The van der Waals surface area contributed by atoms with Crippen molar-refractivity contribution < 1.29 is 9.21 Å². The SMILES string of the molecule is Cc1ccc2cccc(NC(=O)c3ccc(Br)o3)c2n1. The average Bonchev–Trinajstić information content (AvgIpc) is 2.86. The Morgan fingerprint density at radius 3 is 2.80 bits per heavy atom. The summed E-state index contributed by atoms with van der Waals surface area (Å²) >= 11 is 3.18. The molecule has 1 N–H and O–H groups in total. The van der Waals surface area contributed by atoms with Gasteiger partial charge in [0.1, 0.15) is 0 Å². The van der Waals surface area contributed by atoms with Crippen LogP contribution in [0.4, 0.5) is 5.69 Å². The highest BCUT2D eigenvalue weighted by molar-refractivity contribution is 9.10. The third kappa shape index (κ3) is 2.44. The van der Waals surface area contributed by atoms with E-state index in [2.05, 4.69) is 26.2 Å². The molecule has 2 heterocycles. The minimum absolute atomic E-state index is 0.251. The number of carbonyl (C=O) groups excluding carboxylic acids is 1. The van der Waals surface area contributed by atoms with Crippen LogP contribution in [0.3, 0.4) is 0 Å². The van der Waals surface area contributed by atoms with Crippen LogP contribution in [0.5, 0.6) is 0 Å². The average molecular weight is 331 g/mol. The standard InChI is InChI=1S/C15H11BrN2O2/c1-9-5-6-10-3-2-4-11(14(10)17-9)18-15(19)12-7-8-13(16)20-12/h2-8H,1H3,(H,18,19). The number of fused-ring (bicyclic) bond motifs is 1. The molecule has 1 aromatic carbocycles. The summed E-state index contributed by atoms with van der Waals surface area (Å²) in [6.45, 7) is 1.92. The zero-order valence-electron chi connectivity index (χ0n) is 10.7. The molecule has 0 aliphatic carbocycles. The number of nitrogens with zero attached hydrogens (tertiary/aromatic N) is 1. The maximum absolute atomic E-state index is 12.1.